The van der Waals surface area contributed by atoms with E-state index < -0.39 is 0 Å². The first-order chi connectivity index (χ1) is 5.22. The van der Waals surface area contributed by atoms with Gasteiger partial charge >= 0.3 is 0 Å². The van der Waals surface area contributed by atoms with Crippen molar-refractivity contribution in [2.75, 3.05) is 0 Å². The van der Waals surface area contributed by atoms with E-state index in [1.807, 2.05) is 0 Å². The van der Waals surface area contributed by atoms with E-state index in [4.69, 9.17) is 0 Å². The Bertz CT molecular complexity index is 116. The summed E-state index contributed by atoms with van der Waals surface area (Å²) in [6, 6.07) is 0. The Morgan fingerprint density at radius 1 is 1.18 bits per heavy atom. The number of hydrogen-bond acceptors (Lipinski definition) is 0. The molecule has 0 radical (unpaired) electrons. The summed E-state index contributed by atoms with van der Waals surface area (Å²) in [5.74, 6) is 2.83. The van der Waals surface area contributed by atoms with Crippen LogP contribution in [-0.4, -0.2) is 0 Å². The lowest BCUT2D eigenvalue weighted by Gasteiger charge is -2.30. The highest BCUT2D eigenvalue weighted by atomic mass is 14.3. The lowest BCUT2D eigenvalue weighted by Crippen LogP contribution is -2.18. The smallest absolute Gasteiger partial charge is 0.0325 e. The second-order valence-corrected chi connectivity index (χ2v) is 4.31. The molecule has 0 aliphatic heterocycles. The van der Waals surface area contributed by atoms with Crippen LogP contribution in [0, 0.1) is 17.8 Å². The Morgan fingerprint density at radius 2 is 1.73 bits per heavy atom. The van der Waals surface area contributed by atoms with Crippen LogP contribution < -0.4 is 0 Å². The lowest BCUT2D eigenvalue weighted by atomic mass is 9.75. The topological polar surface area (TPSA) is 0 Å². The summed E-state index contributed by atoms with van der Waals surface area (Å²) in [5.41, 5.74) is 0. The van der Waals surface area contributed by atoms with Crippen LogP contribution in [-0.2, 0) is 0 Å². The molecule has 0 spiro atoms. The average Bonchev–Trinajstić information content (AvgIpc) is 1.85. The van der Waals surface area contributed by atoms with Crippen LogP contribution in [0.4, 0.5) is 0 Å². The van der Waals surface area contributed by atoms with Crippen molar-refractivity contribution in [2.45, 2.75) is 39.5 Å². The zero-order chi connectivity index (χ0) is 8.27. The predicted octanol–water partition coefficient (Wildman–Crippen LogP) is 3.63. The molecule has 0 bridgehead atoms. The van der Waals surface area contributed by atoms with Crippen molar-refractivity contribution in [2.24, 2.45) is 17.8 Å². The molecule has 0 amide bonds. The molecule has 64 valence electrons. The summed E-state index contributed by atoms with van der Waals surface area (Å²) >= 11 is 0. The highest BCUT2D eigenvalue weighted by Gasteiger charge is 2.22. The molecule has 0 nitrogen and oxygen atoms in total. The fourth-order valence-electron chi connectivity index (χ4n) is 2.54. The summed E-state index contributed by atoms with van der Waals surface area (Å²) in [6.07, 6.45) is 7.60. The monoisotopic (exact) mass is 152 g/mol. The van der Waals surface area contributed by atoms with E-state index in [1.165, 1.54) is 25.7 Å². The van der Waals surface area contributed by atoms with E-state index in [2.05, 4.69) is 26.5 Å². The lowest BCUT2D eigenvalue weighted by molar-refractivity contribution is 0.221. The SMILES string of the molecule is C=CCC1CC(C)CC(C)C1. The van der Waals surface area contributed by atoms with Gasteiger partial charge in [0.2, 0.25) is 0 Å². The van der Waals surface area contributed by atoms with Gasteiger partial charge in [-0.25, -0.2) is 0 Å². The van der Waals surface area contributed by atoms with Gasteiger partial charge in [-0.3, -0.25) is 0 Å². The zero-order valence-electron chi connectivity index (χ0n) is 7.84. The molecule has 1 aliphatic rings. The van der Waals surface area contributed by atoms with Crippen LogP contribution in [0.3, 0.4) is 0 Å². The van der Waals surface area contributed by atoms with E-state index in [1.54, 1.807) is 0 Å². The second kappa shape index (κ2) is 3.94. The van der Waals surface area contributed by atoms with Gasteiger partial charge in [0.25, 0.3) is 0 Å². The Labute approximate surface area is 70.7 Å². The van der Waals surface area contributed by atoms with Crippen molar-refractivity contribution in [1.82, 2.24) is 0 Å². The number of rotatable bonds is 2. The average molecular weight is 152 g/mol. The third-order valence-corrected chi connectivity index (χ3v) is 2.78. The summed E-state index contributed by atoms with van der Waals surface area (Å²) < 4.78 is 0. The van der Waals surface area contributed by atoms with Gasteiger partial charge < -0.3 is 0 Å². The first-order valence-corrected chi connectivity index (χ1v) is 4.83. The van der Waals surface area contributed by atoms with Gasteiger partial charge in [0.1, 0.15) is 0 Å². The highest BCUT2D eigenvalue weighted by Crippen LogP contribution is 2.34. The third kappa shape index (κ3) is 2.69. The van der Waals surface area contributed by atoms with E-state index >= 15 is 0 Å². The quantitative estimate of drug-likeness (QED) is 0.530. The predicted molar refractivity (Wildman–Crippen MR) is 50.5 cm³/mol. The van der Waals surface area contributed by atoms with Gasteiger partial charge in [-0.2, -0.15) is 0 Å². The van der Waals surface area contributed by atoms with E-state index in [0.29, 0.717) is 0 Å². The second-order valence-electron chi connectivity index (χ2n) is 4.31. The molecule has 0 N–H and O–H groups in total. The fraction of sp³-hybridized carbons (Fsp3) is 0.818. The maximum atomic E-state index is 3.80. The molecule has 0 aromatic carbocycles. The Morgan fingerprint density at radius 3 is 2.18 bits per heavy atom. The van der Waals surface area contributed by atoms with Crippen molar-refractivity contribution in [1.29, 1.82) is 0 Å². The summed E-state index contributed by atoms with van der Waals surface area (Å²) in [4.78, 5) is 0. The first-order valence-electron chi connectivity index (χ1n) is 4.83. The van der Waals surface area contributed by atoms with Gasteiger partial charge in [0.15, 0.2) is 0 Å². The highest BCUT2D eigenvalue weighted by molar-refractivity contribution is 4.80. The molecule has 2 atom stereocenters. The van der Waals surface area contributed by atoms with Crippen molar-refractivity contribution in [3.05, 3.63) is 12.7 Å². The molecule has 2 unspecified atom stereocenters. The standard InChI is InChI=1S/C11H20/c1-4-5-11-7-9(2)6-10(3)8-11/h4,9-11H,1,5-8H2,2-3H3. The Hall–Kier alpha value is -0.260. The molecule has 1 fully saturated rings. The van der Waals surface area contributed by atoms with Crippen LogP contribution in [0.2, 0.25) is 0 Å². The molecule has 0 aromatic rings. The van der Waals surface area contributed by atoms with Crippen LogP contribution in [0.15, 0.2) is 12.7 Å². The molecule has 1 saturated carbocycles. The zero-order valence-corrected chi connectivity index (χ0v) is 7.84. The summed E-state index contributed by atoms with van der Waals surface area (Å²) in [6.45, 7) is 8.57. The van der Waals surface area contributed by atoms with Gasteiger partial charge in [-0.1, -0.05) is 19.9 Å². The molecule has 1 aliphatic carbocycles. The molecule has 0 heteroatoms. The molecule has 0 heterocycles. The Kier molecular flexibility index (Phi) is 3.16. The van der Waals surface area contributed by atoms with Gasteiger partial charge in [-0.05, 0) is 43.4 Å². The van der Waals surface area contributed by atoms with Crippen LogP contribution in [0.5, 0.6) is 0 Å². The fourth-order valence-corrected chi connectivity index (χ4v) is 2.54. The van der Waals surface area contributed by atoms with Gasteiger partial charge in [0.05, 0.1) is 0 Å². The maximum absolute atomic E-state index is 3.80. The van der Waals surface area contributed by atoms with E-state index in [0.717, 1.165) is 17.8 Å². The molecular formula is C11H20. The molecular weight excluding hydrogens is 132 g/mol. The van der Waals surface area contributed by atoms with Crippen molar-refractivity contribution < 1.29 is 0 Å². The largest absolute Gasteiger partial charge is 0.103 e. The van der Waals surface area contributed by atoms with Crippen molar-refractivity contribution >= 4 is 0 Å². The minimum absolute atomic E-state index is 0.936. The summed E-state index contributed by atoms with van der Waals surface area (Å²) in [7, 11) is 0. The number of allylic oxidation sites excluding steroid dienone is 1. The Balaban J connectivity index is 2.36. The maximum Gasteiger partial charge on any atom is -0.0325 e. The van der Waals surface area contributed by atoms with Crippen LogP contribution in [0.25, 0.3) is 0 Å². The third-order valence-electron chi connectivity index (χ3n) is 2.78. The van der Waals surface area contributed by atoms with Gasteiger partial charge in [-0.15, -0.1) is 6.58 Å². The van der Waals surface area contributed by atoms with E-state index in [9.17, 15) is 0 Å². The van der Waals surface area contributed by atoms with E-state index in [-0.39, 0.29) is 0 Å². The van der Waals surface area contributed by atoms with Crippen molar-refractivity contribution in [3.8, 4) is 0 Å². The molecule has 1 rings (SSSR count). The normalized spacial score (nSPS) is 38.5. The number of hydrogen-bond donors (Lipinski definition) is 0. The minimum atomic E-state index is 0.936. The van der Waals surface area contributed by atoms with Gasteiger partial charge in [0, 0.05) is 0 Å². The molecule has 0 aromatic heterocycles. The summed E-state index contributed by atoms with van der Waals surface area (Å²) in [5, 5.41) is 0. The van der Waals surface area contributed by atoms with Crippen LogP contribution >= 0.6 is 0 Å². The van der Waals surface area contributed by atoms with Crippen LogP contribution in [0.1, 0.15) is 39.5 Å². The minimum Gasteiger partial charge on any atom is -0.103 e. The van der Waals surface area contributed by atoms with Crippen molar-refractivity contribution in [3.63, 3.8) is 0 Å². The first kappa shape index (κ1) is 8.83. The molecule has 11 heavy (non-hydrogen) atoms. The molecule has 0 saturated heterocycles.